The second kappa shape index (κ2) is 7.42. The van der Waals surface area contributed by atoms with Crippen molar-refractivity contribution in [1.82, 2.24) is 4.98 Å². The normalized spacial score (nSPS) is 10.3. The first kappa shape index (κ1) is 16.5. The van der Waals surface area contributed by atoms with Gasteiger partial charge in [-0.1, -0.05) is 0 Å². The molecule has 0 bridgehead atoms. The number of aryl methyl sites for hydroxylation is 1. The Labute approximate surface area is 137 Å². The molecule has 0 atom stereocenters. The fourth-order valence-corrected chi connectivity index (χ4v) is 3.36. The zero-order valence-electron chi connectivity index (χ0n) is 12.5. The molecule has 0 radical (unpaired) electrons. The van der Waals surface area contributed by atoms with E-state index < -0.39 is 0 Å². The monoisotopic (exact) mass is 336 g/mol. The summed E-state index contributed by atoms with van der Waals surface area (Å²) in [6, 6.07) is 5.21. The Kier molecular flexibility index (Phi) is 5.57. The summed E-state index contributed by atoms with van der Waals surface area (Å²) in [5.74, 6) is -0.606. The van der Waals surface area contributed by atoms with Gasteiger partial charge in [0.1, 0.15) is 9.90 Å². The maximum Gasteiger partial charge on any atom is 0.348 e. The number of hydrogen-bond donors (Lipinski definition) is 1. The SMILES string of the molecule is CCOC(=O)c1sc(NC(=O)c2cccnc2SC)cc1C. The number of carbonyl (C=O) groups excluding carboxylic acids is 2. The number of carbonyl (C=O) groups is 2. The predicted octanol–water partition coefficient (Wildman–Crippen LogP) is 3.60. The Morgan fingerprint density at radius 3 is 2.91 bits per heavy atom. The lowest BCUT2D eigenvalue weighted by atomic mass is 10.2. The van der Waals surface area contributed by atoms with Crippen molar-refractivity contribution >= 4 is 40.0 Å². The highest BCUT2D eigenvalue weighted by Crippen LogP contribution is 2.28. The van der Waals surface area contributed by atoms with E-state index in [0.717, 1.165) is 5.56 Å². The summed E-state index contributed by atoms with van der Waals surface area (Å²) in [4.78, 5) is 28.8. The van der Waals surface area contributed by atoms with Crippen LogP contribution < -0.4 is 5.32 Å². The summed E-state index contributed by atoms with van der Waals surface area (Å²) in [6.07, 6.45) is 3.52. The number of amides is 1. The van der Waals surface area contributed by atoms with Crippen molar-refractivity contribution in [2.75, 3.05) is 18.2 Å². The van der Waals surface area contributed by atoms with Crippen LogP contribution in [0.15, 0.2) is 29.4 Å². The topological polar surface area (TPSA) is 68.3 Å². The molecule has 0 unspecified atom stereocenters. The Balaban J connectivity index is 2.19. The number of rotatable bonds is 5. The van der Waals surface area contributed by atoms with E-state index >= 15 is 0 Å². The molecule has 0 saturated carbocycles. The van der Waals surface area contributed by atoms with Crippen molar-refractivity contribution in [3.63, 3.8) is 0 Å². The average Bonchev–Trinajstić information content (AvgIpc) is 2.88. The molecule has 1 amide bonds. The summed E-state index contributed by atoms with van der Waals surface area (Å²) < 4.78 is 4.99. The molecule has 0 saturated heterocycles. The van der Waals surface area contributed by atoms with Crippen LogP contribution in [0.2, 0.25) is 0 Å². The lowest BCUT2D eigenvalue weighted by Gasteiger charge is -2.05. The number of thioether (sulfide) groups is 1. The minimum atomic E-state index is -0.364. The van der Waals surface area contributed by atoms with Gasteiger partial charge in [-0.15, -0.1) is 23.1 Å². The average molecular weight is 336 g/mol. The van der Waals surface area contributed by atoms with Crippen LogP contribution in [-0.4, -0.2) is 29.7 Å². The van der Waals surface area contributed by atoms with Crippen molar-refractivity contribution in [1.29, 1.82) is 0 Å². The summed E-state index contributed by atoms with van der Waals surface area (Å²) in [5.41, 5.74) is 1.30. The molecule has 5 nitrogen and oxygen atoms in total. The third-order valence-electron chi connectivity index (χ3n) is 2.82. The summed E-state index contributed by atoms with van der Waals surface area (Å²) in [7, 11) is 0. The molecule has 1 N–H and O–H groups in total. The van der Waals surface area contributed by atoms with Crippen LogP contribution in [0.4, 0.5) is 5.00 Å². The van der Waals surface area contributed by atoms with E-state index in [2.05, 4.69) is 10.3 Å². The standard InChI is InChI=1S/C15H16N2O3S2/c1-4-20-15(19)12-9(2)8-11(22-12)17-13(18)10-6-5-7-16-14(10)21-3/h5-8H,4H2,1-3H3,(H,17,18). The molecule has 0 aromatic carbocycles. The lowest BCUT2D eigenvalue weighted by Crippen LogP contribution is -2.12. The van der Waals surface area contributed by atoms with E-state index in [4.69, 9.17) is 4.74 Å². The summed E-state index contributed by atoms with van der Waals surface area (Å²) in [5, 5.41) is 4.09. The highest BCUT2D eigenvalue weighted by molar-refractivity contribution is 7.98. The van der Waals surface area contributed by atoms with Gasteiger partial charge < -0.3 is 10.1 Å². The molecule has 2 aromatic heterocycles. The van der Waals surface area contributed by atoms with Crippen LogP contribution in [-0.2, 0) is 4.74 Å². The minimum Gasteiger partial charge on any atom is -0.462 e. The molecule has 2 rings (SSSR count). The summed E-state index contributed by atoms with van der Waals surface area (Å²) in [6.45, 7) is 3.90. The number of pyridine rings is 1. The number of hydrogen-bond acceptors (Lipinski definition) is 6. The zero-order valence-corrected chi connectivity index (χ0v) is 14.1. The predicted molar refractivity (Wildman–Crippen MR) is 89.0 cm³/mol. The third-order valence-corrected chi connectivity index (χ3v) is 4.67. The van der Waals surface area contributed by atoms with Gasteiger partial charge >= 0.3 is 5.97 Å². The van der Waals surface area contributed by atoms with E-state index in [1.165, 1.54) is 23.1 Å². The molecule has 22 heavy (non-hydrogen) atoms. The van der Waals surface area contributed by atoms with Crippen LogP contribution in [0.5, 0.6) is 0 Å². The maximum atomic E-state index is 12.3. The second-order valence-corrected chi connectivity index (χ2v) is 6.20. The lowest BCUT2D eigenvalue weighted by molar-refractivity contribution is 0.0531. The van der Waals surface area contributed by atoms with Crippen molar-refractivity contribution in [3.8, 4) is 0 Å². The molecular weight excluding hydrogens is 320 g/mol. The van der Waals surface area contributed by atoms with Gasteiger partial charge in [0.05, 0.1) is 17.2 Å². The van der Waals surface area contributed by atoms with Gasteiger partial charge in [-0.2, -0.15) is 0 Å². The van der Waals surface area contributed by atoms with Crippen LogP contribution in [0.3, 0.4) is 0 Å². The van der Waals surface area contributed by atoms with Crippen LogP contribution in [0.25, 0.3) is 0 Å². The Hall–Kier alpha value is -1.86. The van der Waals surface area contributed by atoms with E-state index in [1.807, 2.05) is 13.2 Å². The minimum absolute atomic E-state index is 0.242. The molecule has 116 valence electrons. The van der Waals surface area contributed by atoms with Gasteiger partial charge in [0.2, 0.25) is 0 Å². The van der Waals surface area contributed by atoms with Gasteiger partial charge in [0, 0.05) is 6.20 Å². The molecule has 0 spiro atoms. The van der Waals surface area contributed by atoms with Crippen molar-refractivity contribution in [3.05, 3.63) is 40.4 Å². The van der Waals surface area contributed by atoms with Gasteiger partial charge in [0.15, 0.2) is 0 Å². The summed E-state index contributed by atoms with van der Waals surface area (Å²) >= 11 is 2.62. The van der Waals surface area contributed by atoms with Crippen molar-refractivity contribution in [2.45, 2.75) is 18.9 Å². The van der Waals surface area contributed by atoms with Crippen LogP contribution in [0.1, 0.15) is 32.5 Å². The largest absolute Gasteiger partial charge is 0.462 e. The number of aromatic nitrogens is 1. The van der Waals surface area contributed by atoms with Gasteiger partial charge in [0.25, 0.3) is 5.91 Å². The van der Waals surface area contributed by atoms with E-state index in [9.17, 15) is 9.59 Å². The molecule has 0 aliphatic heterocycles. The van der Waals surface area contributed by atoms with E-state index in [0.29, 0.717) is 27.1 Å². The molecule has 0 aliphatic carbocycles. The Morgan fingerprint density at radius 2 is 2.23 bits per heavy atom. The second-order valence-electron chi connectivity index (χ2n) is 4.36. The molecular formula is C15H16N2O3S2. The van der Waals surface area contributed by atoms with Crippen molar-refractivity contribution < 1.29 is 14.3 Å². The number of thiophene rings is 1. The smallest absolute Gasteiger partial charge is 0.348 e. The quantitative estimate of drug-likeness (QED) is 0.667. The van der Waals surface area contributed by atoms with Crippen LogP contribution in [0, 0.1) is 6.92 Å². The number of nitrogens with one attached hydrogen (secondary N) is 1. The third kappa shape index (κ3) is 3.66. The number of esters is 1. The maximum absolute atomic E-state index is 12.3. The fraction of sp³-hybridized carbons (Fsp3) is 0.267. The number of ether oxygens (including phenoxy) is 1. The molecule has 0 aliphatic rings. The number of nitrogens with zero attached hydrogens (tertiary/aromatic N) is 1. The van der Waals surface area contributed by atoms with Crippen molar-refractivity contribution in [2.24, 2.45) is 0 Å². The fourth-order valence-electron chi connectivity index (χ4n) is 1.85. The molecule has 2 aromatic rings. The first-order chi connectivity index (χ1) is 10.6. The highest BCUT2D eigenvalue weighted by Gasteiger charge is 2.17. The molecule has 2 heterocycles. The zero-order chi connectivity index (χ0) is 16.1. The van der Waals surface area contributed by atoms with E-state index in [1.54, 1.807) is 31.3 Å². The molecule has 7 heteroatoms. The van der Waals surface area contributed by atoms with E-state index in [-0.39, 0.29) is 11.9 Å². The molecule has 0 fully saturated rings. The Bertz CT molecular complexity index is 698. The number of anilines is 1. The first-order valence-corrected chi connectivity index (χ1v) is 8.68. The van der Waals surface area contributed by atoms with Gasteiger partial charge in [-0.25, -0.2) is 9.78 Å². The highest BCUT2D eigenvalue weighted by atomic mass is 32.2. The first-order valence-electron chi connectivity index (χ1n) is 6.64. The van der Waals surface area contributed by atoms with Gasteiger partial charge in [-0.05, 0) is 43.9 Å². The Morgan fingerprint density at radius 1 is 1.45 bits per heavy atom. The van der Waals surface area contributed by atoms with Crippen LogP contribution >= 0.6 is 23.1 Å². The van der Waals surface area contributed by atoms with Gasteiger partial charge in [-0.3, -0.25) is 4.79 Å².